The third kappa shape index (κ3) is 5.03. The highest BCUT2D eigenvalue weighted by Crippen LogP contribution is 2.23. The third-order valence-electron chi connectivity index (χ3n) is 4.22. The third-order valence-corrected chi connectivity index (χ3v) is 4.22. The molecule has 26 heavy (non-hydrogen) atoms. The van der Waals surface area contributed by atoms with Crippen molar-refractivity contribution in [1.82, 2.24) is 10.1 Å². The Morgan fingerprint density at radius 1 is 1.46 bits per heavy atom. The molecule has 1 aromatic carbocycles. The Kier molecular flexibility index (Phi) is 5.53. The highest BCUT2D eigenvalue weighted by molar-refractivity contribution is 5.91. The summed E-state index contributed by atoms with van der Waals surface area (Å²) in [5.74, 6) is 0.927. The predicted octanol–water partition coefficient (Wildman–Crippen LogP) is 1.97. The Bertz CT molecular complexity index is 749. The van der Waals surface area contributed by atoms with Crippen LogP contribution in [0.3, 0.4) is 0 Å². The number of hydrogen-bond acceptors (Lipinski definition) is 6. The van der Waals surface area contributed by atoms with E-state index in [1.807, 2.05) is 4.90 Å². The van der Waals surface area contributed by atoms with Gasteiger partial charge < -0.3 is 19.7 Å². The van der Waals surface area contributed by atoms with Crippen LogP contribution in [-0.4, -0.2) is 52.9 Å². The van der Waals surface area contributed by atoms with Gasteiger partial charge in [0.25, 0.3) is 0 Å². The van der Waals surface area contributed by atoms with Crippen molar-refractivity contribution in [3.05, 3.63) is 41.9 Å². The fourth-order valence-corrected chi connectivity index (χ4v) is 3.02. The van der Waals surface area contributed by atoms with E-state index in [9.17, 15) is 14.3 Å². The maximum Gasteiger partial charge on any atom is 0.239 e. The van der Waals surface area contributed by atoms with Gasteiger partial charge in [-0.05, 0) is 50.6 Å². The molecule has 0 spiro atoms. The Balaban J connectivity index is 1.50. The molecule has 7 nitrogen and oxygen atoms in total. The van der Waals surface area contributed by atoms with Crippen LogP contribution in [0.15, 0.2) is 34.9 Å². The van der Waals surface area contributed by atoms with E-state index in [1.165, 1.54) is 24.3 Å². The van der Waals surface area contributed by atoms with Gasteiger partial charge in [0.15, 0.2) is 5.82 Å². The van der Waals surface area contributed by atoms with Crippen molar-refractivity contribution >= 4 is 11.7 Å². The normalized spacial score (nSPS) is 20.7. The number of benzene rings is 1. The highest BCUT2D eigenvalue weighted by Gasteiger charge is 2.34. The lowest BCUT2D eigenvalue weighted by atomic mass is 9.93. The number of nitrogens with one attached hydrogen (secondary N) is 1. The van der Waals surface area contributed by atoms with Gasteiger partial charge >= 0.3 is 0 Å². The second-order valence-electron chi connectivity index (χ2n) is 6.65. The summed E-state index contributed by atoms with van der Waals surface area (Å²) in [7, 11) is 0. The van der Waals surface area contributed by atoms with E-state index in [2.05, 4.69) is 10.5 Å². The minimum absolute atomic E-state index is 0.0826. The number of carbonyl (C=O) groups excluding carboxylic acids is 1. The summed E-state index contributed by atoms with van der Waals surface area (Å²) in [5, 5.41) is 17.2. The molecule has 2 aromatic rings. The van der Waals surface area contributed by atoms with Crippen LogP contribution in [0.1, 0.15) is 18.6 Å². The number of β-amino-alcohol motifs (C(OH)–C–C–N with tert-alkyl or cyclic N) is 1. The molecule has 1 fully saturated rings. The summed E-state index contributed by atoms with van der Waals surface area (Å²) in [4.78, 5) is 14.0. The monoisotopic (exact) mass is 363 g/mol. The summed E-state index contributed by atoms with van der Waals surface area (Å²) in [5.41, 5.74) is -1.06. The average molecular weight is 363 g/mol. The lowest BCUT2D eigenvalue weighted by molar-refractivity contribution is -0.119. The summed E-state index contributed by atoms with van der Waals surface area (Å²) in [6.45, 7) is 3.00. The van der Waals surface area contributed by atoms with Crippen LogP contribution < -0.4 is 10.1 Å². The maximum absolute atomic E-state index is 12.9. The first-order chi connectivity index (χ1) is 12.4. The number of carbonyl (C=O) groups is 1. The van der Waals surface area contributed by atoms with Gasteiger partial charge in [-0.2, -0.15) is 0 Å². The van der Waals surface area contributed by atoms with Gasteiger partial charge in [0.2, 0.25) is 5.91 Å². The second-order valence-corrected chi connectivity index (χ2v) is 6.65. The van der Waals surface area contributed by atoms with Crippen LogP contribution in [0, 0.1) is 12.7 Å². The molecule has 8 heteroatoms. The van der Waals surface area contributed by atoms with E-state index < -0.39 is 5.60 Å². The second kappa shape index (κ2) is 7.84. The van der Waals surface area contributed by atoms with Crippen molar-refractivity contribution in [1.29, 1.82) is 0 Å². The largest absolute Gasteiger partial charge is 0.491 e. The molecular formula is C18H22FN3O4. The molecule has 1 saturated heterocycles. The van der Waals surface area contributed by atoms with Gasteiger partial charge in [-0.25, -0.2) is 4.39 Å². The first kappa shape index (κ1) is 18.3. The van der Waals surface area contributed by atoms with Gasteiger partial charge in [0, 0.05) is 12.6 Å². The highest BCUT2D eigenvalue weighted by atomic mass is 19.1. The van der Waals surface area contributed by atoms with Crippen LogP contribution in [0.5, 0.6) is 5.75 Å². The molecule has 2 N–H and O–H groups in total. The molecule has 0 radical (unpaired) electrons. The minimum atomic E-state index is -1.06. The zero-order valence-electron chi connectivity index (χ0n) is 14.6. The number of anilines is 1. The smallest absolute Gasteiger partial charge is 0.239 e. The molecule has 1 amide bonds. The number of ether oxygens (including phenoxy) is 1. The van der Waals surface area contributed by atoms with E-state index in [0.717, 1.165) is 6.42 Å². The van der Waals surface area contributed by atoms with Crippen LogP contribution in [0.25, 0.3) is 0 Å². The Labute approximate surface area is 150 Å². The van der Waals surface area contributed by atoms with E-state index in [4.69, 9.17) is 9.26 Å². The van der Waals surface area contributed by atoms with Crippen molar-refractivity contribution in [3.63, 3.8) is 0 Å². The zero-order valence-corrected chi connectivity index (χ0v) is 14.6. The van der Waals surface area contributed by atoms with E-state index in [-0.39, 0.29) is 24.9 Å². The van der Waals surface area contributed by atoms with E-state index in [0.29, 0.717) is 36.8 Å². The molecule has 0 bridgehead atoms. The number of amides is 1. The number of hydrogen-bond donors (Lipinski definition) is 2. The van der Waals surface area contributed by atoms with Crippen LogP contribution >= 0.6 is 0 Å². The van der Waals surface area contributed by atoms with Crippen molar-refractivity contribution in [3.8, 4) is 5.75 Å². The Hall–Kier alpha value is -2.45. The predicted molar refractivity (Wildman–Crippen MR) is 92.4 cm³/mol. The van der Waals surface area contributed by atoms with Gasteiger partial charge in [0.05, 0.1) is 6.54 Å². The lowest BCUT2D eigenvalue weighted by Gasteiger charge is -2.38. The number of halogens is 1. The SMILES string of the molecule is Cc1cc(NC(=O)CN2CCCC(O)(COc3ccc(F)cc3)C2)no1. The average Bonchev–Trinajstić information content (AvgIpc) is 2.99. The van der Waals surface area contributed by atoms with Crippen LogP contribution in [0.4, 0.5) is 10.2 Å². The fraction of sp³-hybridized carbons (Fsp3) is 0.444. The molecule has 140 valence electrons. The lowest BCUT2D eigenvalue weighted by Crippen LogP contribution is -2.53. The molecule has 1 aliphatic heterocycles. The molecule has 1 aromatic heterocycles. The molecular weight excluding hydrogens is 341 g/mol. The summed E-state index contributed by atoms with van der Waals surface area (Å²) >= 11 is 0. The Morgan fingerprint density at radius 3 is 2.92 bits per heavy atom. The molecule has 3 rings (SSSR count). The van der Waals surface area contributed by atoms with E-state index in [1.54, 1.807) is 13.0 Å². The first-order valence-electron chi connectivity index (χ1n) is 8.48. The number of rotatable bonds is 6. The van der Waals surface area contributed by atoms with Crippen molar-refractivity contribution in [2.75, 3.05) is 31.6 Å². The molecule has 0 aliphatic carbocycles. The maximum atomic E-state index is 12.9. The zero-order chi connectivity index (χ0) is 18.6. The standard InChI is InChI=1S/C18H22FN3O4/c1-13-9-16(21-26-13)20-17(23)10-22-8-2-7-18(24,11-22)12-25-15-5-3-14(19)4-6-15/h3-6,9,24H,2,7-8,10-12H2,1H3,(H,20,21,23). The molecule has 1 atom stereocenters. The molecule has 0 saturated carbocycles. The number of aliphatic hydroxyl groups is 1. The van der Waals surface area contributed by atoms with Gasteiger partial charge in [-0.3, -0.25) is 9.69 Å². The summed E-state index contributed by atoms with van der Waals surface area (Å²) in [6, 6.07) is 7.30. The number of piperidine rings is 1. The first-order valence-corrected chi connectivity index (χ1v) is 8.48. The quantitative estimate of drug-likeness (QED) is 0.816. The van der Waals surface area contributed by atoms with Gasteiger partial charge in [-0.15, -0.1) is 0 Å². The number of aryl methyl sites for hydroxylation is 1. The van der Waals surface area contributed by atoms with Crippen LogP contribution in [-0.2, 0) is 4.79 Å². The number of likely N-dealkylation sites (tertiary alicyclic amines) is 1. The van der Waals surface area contributed by atoms with Crippen molar-refractivity contribution in [2.45, 2.75) is 25.4 Å². The van der Waals surface area contributed by atoms with Crippen molar-refractivity contribution < 1.29 is 23.6 Å². The van der Waals surface area contributed by atoms with Crippen LogP contribution in [0.2, 0.25) is 0 Å². The van der Waals surface area contributed by atoms with E-state index >= 15 is 0 Å². The fourth-order valence-electron chi connectivity index (χ4n) is 3.02. The summed E-state index contributed by atoms with van der Waals surface area (Å²) in [6.07, 6.45) is 1.33. The van der Waals surface area contributed by atoms with Gasteiger partial charge in [0.1, 0.15) is 29.5 Å². The molecule has 1 aliphatic rings. The Morgan fingerprint density at radius 2 is 2.23 bits per heavy atom. The number of aromatic nitrogens is 1. The molecule has 1 unspecified atom stereocenters. The number of nitrogens with zero attached hydrogens (tertiary/aromatic N) is 2. The molecule has 2 heterocycles. The topological polar surface area (TPSA) is 87.8 Å². The van der Waals surface area contributed by atoms with Gasteiger partial charge in [-0.1, -0.05) is 5.16 Å². The minimum Gasteiger partial charge on any atom is -0.491 e. The van der Waals surface area contributed by atoms with Crippen molar-refractivity contribution in [2.24, 2.45) is 0 Å². The summed E-state index contributed by atoms with van der Waals surface area (Å²) < 4.78 is 23.4.